The van der Waals surface area contributed by atoms with Crippen LogP contribution in [-0.2, 0) is 0 Å². The number of hydrogen-bond acceptors (Lipinski definition) is 3. The van der Waals surface area contributed by atoms with Gasteiger partial charge in [-0.2, -0.15) is 5.10 Å². The SMILES string of the molecule is C/C(=N\Nc1ccc(Cl)c(C(=O)O)c1)c1cccc(Cl)c1. The van der Waals surface area contributed by atoms with Crippen molar-refractivity contribution in [3.8, 4) is 0 Å². The van der Waals surface area contributed by atoms with Gasteiger partial charge < -0.3 is 5.11 Å². The molecule has 0 saturated heterocycles. The summed E-state index contributed by atoms with van der Waals surface area (Å²) in [5.74, 6) is -1.08. The third-order valence-electron chi connectivity index (χ3n) is 2.79. The van der Waals surface area contributed by atoms with E-state index in [2.05, 4.69) is 10.5 Å². The number of aromatic carboxylic acids is 1. The largest absolute Gasteiger partial charge is 0.478 e. The van der Waals surface area contributed by atoms with Gasteiger partial charge in [-0.25, -0.2) is 4.79 Å². The van der Waals surface area contributed by atoms with Crippen LogP contribution in [0.3, 0.4) is 0 Å². The summed E-state index contributed by atoms with van der Waals surface area (Å²) >= 11 is 11.7. The Morgan fingerprint density at radius 3 is 2.62 bits per heavy atom. The molecule has 0 aliphatic carbocycles. The van der Waals surface area contributed by atoms with Crippen LogP contribution in [0.1, 0.15) is 22.8 Å². The fraction of sp³-hybridized carbons (Fsp3) is 0.0667. The van der Waals surface area contributed by atoms with Crippen molar-refractivity contribution < 1.29 is 9.90 Å². The molecule has 0 spiro atoms. The molecule has 0 heterocycles. The molecule has 0 amide bonds. The third-order valence-corrected chi connectivity index (χ3v) is 3.36. The highest BCUT2D eigenvalue weighted by Gasteiger charge is 2.09. The molecule has 2 N–H and O–H groups in total. The van der Waals surface area contributed by atoms with Crippen molar-refractivity contribution in [2.45, 2.75) is 6.92 Å². The lowest BCUT2D eigenvalue weighted by atomic mass is 10.1. The molecule has 2 aromatic carbocycles. The van der Waals surface area contributed by atoms with E-state index in [1.807, 2.05) is 19.1 Å². The first-order chi connectivity index (χ1) is 9.97. The van der Waals surface area contributed by atoms with E-state index in [1.165, 1.54) is 12.1 Å². The highest BCUT2D eigenvalue weighted by Crippen LogP contribution is 2.21. The molecule has 2 rings (SSSR count). The number of carboxylic acids is 1. The maximum absolute atomic E-state index is 11.0. The van der Waals surface area contributed by atoms with Gasteiger partial charge in [-0.05, 0) is 42.8 Å². The quantitative estimate of drug-likeness (QED) is 0.642. The first-order valence-electron chi connectivity index (χ1n) is 6.06. The van der Waals surface area contributed by atoms with Gasteiger partial charge in [-0.3, -0.25) is 5.43 Å². The van der Waals surface area contributed by atoms with E-state index in [4.69, 9.17) is 28.3 Å². The number of hydrogen-bond donors (Lipinski definition) is 2. The number of halogens is 2. The van der Waals surface area contributed by atoms with Crippen molar-refractivity contribution in [3.05, 3.63) is 63.6 Å². The predicted octanol–water partition coefficient (Wildman–Crippen LogP) is 4.53. The number of rotatable bonds is 4. The number of nitrogens with one attached hydrogen (secondary N) is 1. The maximum Gasteiger partial charge on any atom is 0.337 e. The lowest BCUT2D eigenvalue weighted by molar-refractivity contribution is 0.0697. The fourth-order valence-electron chi connectivity index (χ4n) is 1.69. The summed E-state index contributed by atoms with van der Waals surface area (Å²) in [6.45, 7) is 1.83. The minimum Gasteiger partial charge on any atom is -0.478 e. The number of anilines is 1. The third kappa shape index (κ3) is 3.97. The number of carbonyl (C=O) groups is 1. The molecule has 0 fully saturated rings. The Balaban J connectivity index is 2.21. The summed E-state index contributed by atoms with van der Waals surface area (Å²) in [4.78, 5) is 11.0. The first kappa shape index (κ1) is 15.4. The standard InChI is InChI=1S/C15H12Cl2N2O2/c1-9(10-3-2-4-11(16)7-10)18-19-12-5-6-14(17)13(8-12)15(20)21/h2-8,19H,1H3,(H,20,21)/b18-9+. The van der Waals surface area contributed by atoms with E-state index in [1.54, 1.807) is 18.2 Å². The summed E-state index contributed by atoms with van der Waals surface area (Å²) in [5.41, 5.74) is 4.98. The molecule has 4 nitrogen and oxygen atoms in total. The second-order valence-electron chi connectivity index (χ2n) is 4.32. The lowest BCUT2D eigenvalue weighted by Gasteiger charge is -2.06. The van der Waals surface area contributed by atoms with Gasteiger partial charge in [0.15, 0.2) is 0 Å². The Labute approximate surface area is 132 Å². The normalized spacial score (nSPS) is 11.3. The van der Waals surface area contributed by atoms with Crippen molar-refractivity contribution in [2.75, 3.05) is 5.43 Å². The summed E-state index contributed by atoms with van der Waals surface area (Å²) in [6, 6.07) is 11.9. The van der Waals surface area contributed by atoms with Crippen LogP contribution in [0.5, 0.6) is 0 Å². The van der Waals surface area contributed by atoms with Crippen molar-refractivity contribution in [1.29, 1.82) is 0 Å². The van der Waals surface area contributed by atoms with Gasteiger partial charge in [0.2, 0.25) is 0 Å². The molecule has 0 aliphatic heterocycles. The van der Waals surface area contributed by atoms with Crippen LogP contribution < -0.4 is 5.43 Å². The molecule has 0 bridgehead atoms. The minimum atomic E-state index is -1.08. The summed E-state index contributed by atoms with van der Waals surface area (Å²) in [7, 11) is 0. The Bertz CT molecular complexity index is 715. The zero-order chi connectivity index (χ0) is 15.4. The molecule has 0 saturated carbocycles. The summed E-state index contributed by atoms with van der Waals surface area (Å²) in [5, 5.41) is 14.0. The van der Waals surface area contributed by atoms with E-state index in [0.29, 0.717) is 10.7 Å². The van der Waals surface area contributed by atoms with Crippen molar-refractivity contribution in [3.63, 3.8) is 0 Å². The van der Waals surface area contributed by atoms with Gasteiger partial charge in [0.25, 0.3) is 0 Å². The molecular formula is C15H12Cl2N2O2. The second kappa shape index (κ2) is 6.61. The van der Waals surface area contributed by atoms with E-state index >= 15 is 0 Å². The van der Waals surface area contributed by atoms with Crippen LogP contribution in [0, 0.1) is 0 Å². The zero-order valence-corrected chi connectivity index (χ0v) is 12.6. The van der Waals surface area contributed by atoms with Crippen molar-refractivity contribution in [2.24, 2.45) is 5.10 Å². The van der Waals surface area contributed by atoms with Crippen LogP contribution >= 0.6 is 23.2 Å². The van der Waals surface area contributed by atoms with Crippen LogP contribution in [0.2, 0.25) is 10.0 Å². The van der Waals surface area contributed by atoms with Gasteiger partial charge in [0.05, 0.1) is 22.0 Å². The fourth-order valence-corrected chi connectivity index (χ4v) is 2.07. The first-order valence-corrected chi connectivity index (χ1v) is 6.82. The van der Waals surface area contributed by atoms with Crippen LogP contribution in [0.4, 0.5) is 5.69 Å². The highest BCUT2D eigenvalue weighted by atomic mass is 35.5. The van der Waals surface area contributed by atoms with Gasteiger partial charge in [0, 0.05) is 5.02 Å². The van der Waals surface area contributed by atoms with Gasteiger partial charge in [0.1, 0.15) is 0 Å². The number of carboxylic acid groups (broad SMARTS) is 1. The monoisotopic (exact) mass is 322 g/mol. The Morgan fingerprint density at radius 2 is 1.95 bits per heavy atom. The van der Waals surface area contributed by atoms with E-state index in [9.17, 15) is 4.79 Å². The van der Waals surface area contributed by atoms with Crippen LogP contribution in [0.15, 0.2) is 47.6 Å². The molecule has 108 valence electrons. The Hall–Kier alpha value is -2.04. The summed E-state index contributed by atoms with van der Waals surface area (Å²) < 4.78 is 0. The topological polar surface area (TPSA) is 61.7 Å². The minimum absolute atomic E-state index is 0.0253. The molecule has 0 radical (unpaired) electrons. The molecule has 0 aliphatic rings. The molecule has 21 heavy (non-hydrogen) atoms. The van der Waals surface area contributed by atoms with Crippen molar-refractivity contribution >= 4 is 40.6 Å². The number of nitrogens with zero attached hydrogens (tertiary/aromatic N) is 1. The van der Waals surface area contributed by atoms with Crippen molar-refractivity contribution in [1.82, 2.24) is 0 Å². The molecule has 0 atom stereocenters. The predicted molar refractivity (Wildman–Crippen MR) is 85.7 cm³/mol. The number of hydrazone groups is 1. The zero-order valence-electron chi connectivity index (χ0n) is 11.1. The average Bonchev–Trinajstić information content (AvgIpc) is 2.45. The lowest BCUT2D eigenvalue weighted by Crippen LogP contribution is -2.02. The van der Waals surface area contributed by atoms with E-state index in [-0.39, 0.29) is 10.6 Å². The molecule has 0 unspecified atom stereocenters. The average molecular weight is 323 g/mol. The number of benzene rings is 2. The molecule has 0 aromatic heterocycles. The van der Waals surface area contributed by atoms with Gasteiger partial charge >= 0.3 is 5.97 Å². The maximum atomic E-state index is 11.0. The Morgan fingerprint density at radius 1 is 1.19 bits per heavy atom. The second-order valence-corrected chi connectivity index (χ2v) is 5.16. The molecule has 6 heteroatoms. The van der Waals surface area contributed by atoms with E-state index in [0.717, 1.165) is 11.3 Å². The van der Waals surface area contributed by atoms with Gasteiger partial charge in [-0.15, -0.1) is 0 Å². The highest BCUT2D eigenvalue weighted by molar-refractivity contribution is 6.33. The molecule has 2 aromatic rings. The Kier molecular flexibility index (Phi) is 4.83. The van der Waals surface area contributed by atoms with Crippen LogP contribution in [0.25, 0.3) is 0 Å². The molecular weight excluding hydrogens is 311 g/mol. The smallest absolute Gasteiger partial charge is 0.337 e. The van der Waals surface area contributed by atoms with E-state index < -0.39 is 5.97 Å². The van der Waals surface area contributed by atoms with Crippen LogP contribution in [-0.4, -0.2) is 16.8 Å². The summed E-state index contributed by atoms with van der Waals surface area (Å²) in [6.07, 6.45) is 0. The van der Waals surface area contributed by atoms with Gasteiger partial charge in [-0.1, -0.05) is 35.3 Å².